The first-order chi connectivity index (χ1) is 14.4. The van der Waals surface area contributed by atoms with Crippen molar-refractivity contribution in [1.29, 1.82) is 10.5 Å². The normalized spacial score (nSPS) is 11.1. The van der Waals surface area contributed by atoms with Crippen LogP contribution >= 0.6 is 0 Å². The van der Waals surface area contributed by atoms with Gasteiger partial charge >= 0.3 is 0 Å². The molecule has 0 heterocycles. The molecule has 2 rings (SSSR count). The van der Waals surface area contributed by atoms with E-state index >= 15 is 0 Å². The third-order valence-electron chi connectivity index (χ3n) is 3.79. The number of nitrogens with zero attached hydrogens (tertiary/aromatic N) is 2. The summed E-state index contributed by atoms with van der Waals surface area (Å²) in [5, 5.41) is 42.2. The van der Waals surface area contributed by atoms with Crippen molar-refractivity contribution in [3.8, 4) is 23.6 Å². The molecule has 0 atom stereocenters. The molecule has 2 aromatic carbocycles. The van der Waals surface area contributed by atoms with Gasteiger partial charge in [0.2, 0.25) is 0 Å². The molecule has 2 aromatic rings. The Hall–Kier alpha value is -4.56. The molecule has 0 unspecified atom stereocenters. The van der Waals surface area contributed by atoms with Crippen LogP contribution in [0, 0.1) is 22.7 Å². The average molecular weight is 402 g/mol. The Bertz CT molecular complexity index is 1000. The summed E-state index contributed by atoms with van der Waals surface area (Å²) in [6.45, 7) is 0.0724. The Morgan fingerprint density at radius 1 is 0.800 bits per heavy atom. The number of aromatic hydroxyl groups is 2. The number of carbonyl (C=O) groups excluding carboxylic acids is 2. The molecule has 0 saturated heterocycles. The van der Waals surface area contributed by atoms with Gasteiger partial charge < -0.3 is 20.8 Å². The van der Waals surface area contributed by atoms with Crippen LogP contribution in [0.1, 0.15) is 11.1 Å². The Morgan fingerprint density at radius 3 is 1.53 bits per heavy atom. The molecular formula is C22H18N4O4. The minimum absolute atomic E-state index is 0.0104. The molecule has 0 aliphatic heterocycles. The van der Waals surface area contributed by atoms with Gasteiger partial charge in [-0.3, -0.25) is 9.59 Å². The topological polar surface area (TPSA) is 146 Å². The lowest BCUT2D eigenvalue weighted by atomic mass is 10.1. The number of nitrogens with one attached hydrogen (secondary N) is 2. The highest BCUT2D eigenvalue weighted by atomic mass is 16.3. The Balaban J connectivity index is 1.90. The molecular weight excluding hydrogens is 384 g/mol. The van der Waals surface area contributed by atoms with Crippen LogP contribution in [0.3, 0.4) is 0 Å². The molecule has 0 aliphatic rings. The van der Waals surface area contributed by atoms with Gasteiger partial charge in [-0.2, -0.15) is 10.5 Å². The van der Waals surface area contributed by atoms with E-state index in [0.717, 1.165) is 0 Å². The van der Waals surface area contributed by atoms with E-state index in [4.69, 9.17) is 10.5 Å². The van der Waals surface area contributed by atoms with Gasteiger partial charge in [0.1, 0.15) is 34.8 Å². The van der Waals surface area contributed by atoms with Gasteiger partial charge in [-0.05, 0) is 47.5 Å². The van der Waals surface area contributed by atoms with Crippen LogP contribution in [0.2, 0.25) is 0 Å². The first-order valence-electron chi connectivity index (χ1n) is 8.81. The maximum absolute atomic E-state index is 12.1. The maximum atomic E-state index is 12.1. The van der Waals surface area contributed by atoms with E-state index in [0.29, 0.717) is 11.1 Å². The van der Waals surface area contributed by atoms with Crippen LogP contribution in [0.4, 0.5) is 0 Å². The number of benzene rings is 2. The van der Waals surface area contributed by atoms with Crippen molar-refractivity contribution in [2.75, 3.05) is 13.1 Å². The number of hydrogen-bond donors (Lipinski definition) is 4. The van der Waals surface area contributed by atoms with E-state index < -0.39 is 11.8 Å². The predicted molar refractivity (Wildman–Crippen MR) is 109 cm³/mol. The van der Waals surface area contributed by atoms with Gasteiger partial charge in [-0.1, -0.05) is 24.3 Å². The van der Waals surface area contributed by atoms with Crippen molar-refractivity contribution in [2.45, 2.75) is 0 Å². The molecule has 0 bridgehead atoms. The number of phenolic OH excluding ortho intramolecular Hbond substituents is 2. The summed E-state index contributed by atoms with van der Waals surface area (Å²) < 4.78 is 0. The second-order valence-corrected chi connectivity index (χ2v) is 6.04. The number of hydrogen-bond acceptors (Lipinski definition) is 6. The largest absolute Gasteiger partial charge is 0.508 e. The predicted octanol–water partition coefficient (Wildman–Crippen LogP) is 1.84. The SMILES string of the molecule is N#C/C(=C\c1cccc(O)c1)C(=O)NCCNC(=O)/C(C#N)=C/c1cccc(O)c1. The average Bonchev–Trinajstić information content (AvgIpc) is 2.73. The molecule has 0 spiro atoms. The Kier molecular flexibility index (Phi) is 7.75. The van der Waals surface area contributed by atoms with Crippen molar-refractivity contribution in [3.05, 3.63) is 70.8 Å². The van der Waals surface area contributed by atoms with Crippen LogP contribution in [0.25, 0.3) is 12.2 Å². The second-order valence-electron chi connectivity index (χ2n) is 6.04. The summed E-state index contributed by atoms with van der Waals surface area (Å²) in [6.07, 6.45) is 2.67. The number of amides is 2. The fraction of sp³-hybridized carbons (Fsp3) is 0.0909. The van der Waals surface area contributed by atoms with Gasteiger partial charge in [0.05, 0.1) is 0 Å². The summed E-state index contributed by atoms with van der Waals surface area (Å²) in [4.78, 5) is 24.2. The van der Waals surface area contributed by atoms with E-state index in [1.807, 2.05) is 0 Å². The highest BCUT2D eigenvalue weighted by Crippen LogP contribution is 2.15. The van der Waals surface area contributed by atoms with Crippen LogP contribution < -0.4 is 10.6 Å². The Labute approximate surface area is 173 Å². The number of rotatable bonds is 7. The molecule has 4 N–H and O–H groups in total. The number of carbonyl (C=O) groups is 2. The van der Waals surface area contributed by atoms with Crippen molar-refractivity contribution >= 4 is 24.0 Å². The standard InChI is InChI=1S/C22H18N4O4/c23-13-17(9-15-3-1-5-19(27)11-15)21(29)25-7-8-26-22(30)18(14-24)10-16-4-2-6-20(28)12-16/h1-6,9-12,27-28H,7-8H2,(H,25,29)(H,26,30)/b17-9+,18-10+. The van der Waals surface area contributed by atoms with Crippen molar-refractivity contribution in [3.63, 3.8) is 0 Å². The van der Waals surface area contributed by atoms with Gasteiger partial charge in [-0.25, -0.2) is 0 Å². The quantitative estimate of drug-likeness (QED) is 0.316. The first kappa shape index (κ1) is 21.7. The van der Waals surface area contributed by atoms with E-state index in [1.165, 1.54) is 36.4 Å². The molecule has 8 nitrogen and oxygen atoms in total. The fourth-order valence-corrected chi connectivity index (χ4v) is 2.40. The van der Waals surface area contributed by atoms with E-state index in [2.05, 4.69) is 10.6 Å². The highest BCUT2D eigenvalue weighted by Gasteiger charge is 2.11. The van der Waals surface area contributed by atoms with E-state index in [9.17, 15) is 19.8 Å². The lowest BCUT2D eigenvalue weighted by Crippen LogP contribution is -2.35. The summed E-state index contributed by atoms with van der Waals surface area (Å²) >= 11 is 0. The third-order valence-corrected chi connectivity index (χ3v) is 3.79. The smallest absolute Gasteiger partial charge is 0.262 e. The summed E-state index contributed by atoms with van der Waals surface area (Å²) in [5.41, 5.74) is 0.665. The molecule has 0 aromatic heterocycles. The van der Waals surface area contributed by atoms with Crippen molar-refractivity contribution < 1.29 is 19.8 Å². The maximum Gasteiger partial charge on any atom is 0.262 e. The first-order valence-corrected chi connectivity index (χ1v) is 8.81. The number of nitriles is 2. The van der Waals surface area contributed by atoms with Gasteiger partial charge in [0, 0.05) is 13.1 Å². The zero-order chi connectivity index (χ0) is 21.9. The van der Waals surface area contributed by atoms with Crippen LogP contribution in [0.15, 0.2) is 59.7 Å². The van der Waals surface area contributed by atoms with Crippen molar-refractivity contribution in [2.24, 2.45) is 0 Å². The molecule has 30 heavy (non-hydrogen) atoms. The van der Waals surface area contributed by atoms with Gasteiger partial charge in [0.25, 0.3) is 11.8 Å². The zero-order valence-electron chi connectivity index (χ0n) is 15.8. The monoisotopic (exact) mass is 402 g/mol. The summed E-state index contributed by atoms with van der Waals surface area (Å²) in [5.74, 6) is -1.25. The third kappa shape index (κ3) is 6.55. The van der Waals surface area contributed by atoms with Gasteiger partial charge in [-0.15, -0.1) is 0 Å². The molecule has 0 aliphatic carbocycles. The minimum atomic E-state index is -0.633. The van der Waals surface area contributed by atoms with Crippen LogP contribution in [-0.4, -0.2) is 35.1 Å². The molecule has 150 valence electrons. The fourth-order valence-electron chi connectivity index (χ4n) is 2.40. The van der Waals surface area contributed by atoms with Crippen LogP contribution in [-0.2, 0) is 9.59 Å². The van der Waals surface area contributed by atoms with Gasteiger partial charge in [0.15, 0.2) is 0 Å². The van der Waals surface area contributed by atoms with E-state index in [1.54, 1.807) is 36.4 Å². The Morgan fingerprint density at radius 2 is 1.20 bits per heavy atom. The molecule has 0 fully saturated rings. The van der Waals surface area contributed by atoms with E-state index in [-0.39, 0.29) is 35.7 Å². The van der Waals surface area contributed by atoms with Crippen molar-refractivity contribution in [1.82, 2.24) is 10.6 Å². The number of phenols is 2. The van der Waals surface area contributed by atoms with Crippen LogP contribution in [0.5, 0.6) is 11.5 Å². The lowest BCUT2D eigenvalue weighted by Gasteiger charge is -2.06. The lowest BCUT2D eigenvalue weighted by molar-refractivity contribution is -0.118. The summed E-state index contributed by atoms with van der Waals surface area (Å²) in [7, 11) is 0. The molecule has 2 amide bonds. The summed E-state index contributed by atoms with van der Waals surface area (Å²) in [6, 6.07) is 15.8. The molecule has 0 saturated carbocycles. The molecule has 0 radical (unpaired) electrons. The minimum Gasteiger partial charge on any atom is -0.508 e. The molecule has 8 heteroatoms. The second kappa shape index (κ2) is 10.7. The zero-order valence-corrected chi connectivity index (χ0v) is 15.8. The highest BCUT2D eigenvalue weighted by molar-refractivity contribution is 6.02.